The van der Waals surface area contributed by atoms with E-state index in [1.54, 1.807) is 0 Å². The molecule has 2 aromatic carbocycles. The van der Waals surface area contributed by atoms with Crippen LogP contribution in [0.2, 0.25) is 0 Å². The van der Waals surface area contributed by atoms with Gasteiger partial charge >= 0.3 is 11.9 Å². The molecule has 2 N–H and O–H groups in total. The molecule has 0 aliphatic heterocycles. The molecule has 0 spiro atoms. The van der Waals surface area contributed by atoms with E-state index in [-0.39, 0.29) is 11.1 Å². The fraction of sp³-hybridized carbons (Fsp3) is 0. The zero-order chi connectivity index (χ0) is 16.6. The lowest BCUT2D eigenvalue weighted by molar-refractivity contribution is 0.0677. The molecule has 0 radical (unpaired) electrons. The third kappa shape index (κ3) is 2.39. The topological polar surface area (TPSA) is 74.6 Å². The Morgan fingerprint density at radius 1 is 0.727 bits per heavy atom. The fourth-order valence-electron chi connectivity index (χ4n) is 1.85. The number of carbonyl (C=O) groups is 2. The smallest absolute Gasteiger partial charge is 0.341 e. The summed E-state index contributed by atoms with van der Waals surface area (Å²) in [6, 6.07) is 3.86. The maximum atomic E-state index is 13.8. The van der Waals surface area contributed by atoms with Crippen molar-refractivity contribution < 1.29 is 37.4 Å². The van der Waals surface area contributed by atoms with E-state index in [1.807, 2.05) is 0 Å². The average molecular weight is 314 g/mol. The zero-order valence-electron chi connectivity index (χ0n) is 10.5. The fourth-order valence-corrected chi connectivity index (χ4v) is 1.85. The SMILES string of the molecule is O=C(O)c1ccc(-c2c(F)c(F)c(C(=O)O)c(F)c2F)cc1. The van der Waals surface area contributed by atoms with Gasteiger partial charge in [-0.3, -0.25) is 0 Å². The maximum absolute atomic E-state index is 13.8. The lowest BCUT2D eigenvalue weighted by Gasteiger charge is -2.10. The van der Waals surface area contributed by atoms with Crippen LogP contribution in [-0.4, -0.2) is 22.2 Å². The van der Waals surface area contributed by atoms with Crippen LogP contribution in [0.5, 0.6) is 0 Å². The van der Waals surface area contributed by atoms with Crippen molar-refractivity contribution >= 4 is 11.9 Å². The van der Waals surface area contributed by atoms with E-state index in [1.165, 1.54) is 0 Å². The quantitative estimate of drug-likeness (QED) is 0.673. The molecule has 2 aromatic rings. The molecule has 4 nitrogen and oxygen atoms in total. The summed E-state index contributed by atoms with van der Waals surface area (Å²) in [5.74, 6) is -11.3. The van der Waals surface area contributed by atoms with Crippen LogP contribution in [-0.2, 0) is 0 Å². The minimum atomic E-state index is -2.15. The van der Waals surface area contributed by atoms with E-state index in [0.717, 1.165) is 24.3 Å². The van der Waals surface area contributed by atoms with Gasteiger partial charge in [-0.1, -0.05) is 12.1 Å². The molecular formula is C14H6F4O4. The minimum Gasteiger partial charge on any atom is -0.478 e. The van der Waals surface area contributed by atoms with Crippen LogP contribution in [0.4, 0.5) is 17.6 Å². The molecule has 0 aliphatic rings. The molecule has 114 valence electrons. The van der Waals surface area contributed by atoms with Crippen molar-refractivity contribution in [1.82, 2.24) is 0 Å². The van der Waals surface area contributed by atoms with Crippen LogP contribution >= 0.6 is 0 Å². The largest absolute Gasteiger partial charge is 0.478 e. The number of carboxylic acid groups (broad SMARTS) is 2. The van der Waals surface area contributed by atoms with Gasteiger partial charge in [0.15, 0.2) is 23.3 Å². The van der Waals surface area contributed by atoms with Crippen molar-refractivity contribution in [2.24, 2.45) is 0 Å². The molecule has 0 atom stereocenters. The number of hydrogen-bond acceptors (Lipinski definition) is 2. The molecule has 0 bridgehead atoms. The number of carboxylic acids is 2. The summed E-state index contributed by atoms with van der Waals surface area (Å²) in [5.41, 5.74) is -3.39. The minimum absolute atomic E-state index is 0.201. The van der Waals surface area contributed by atoms with Gasteiger partial charge in [0.1, 0.15) is 5.56 Å². The average Bonchev–Trinajstić information content (AvgIpc) is 2.46. The first-order valence-electron chi connectivity index (χ1n) is 5.68. The van der Waals surface area contributed by atoms with Crippen molar-refractivity contribution in [3.63, 3.8) is 0 Å². The maximum Gasteiger partial charge on any atom is 0.341 e. The lowest BCUT2D eigenvalue weighted by atomic mass is 10.00. The molecule has 0 fully saturated rings. The van der Waals surface area contributed by atoms with E-state index in [2.05, 4.69) is 0 Å². The highest BCUT2D eigenvalue weighted by Crippen LogP contribution is 2.32. The van der Waals surface area contributed by atoms with Gasteiger partial charge in [-0.05, 0) is 17.7 Å². The number of halogens is 4. The van der Waals surface area contributed by atoms with Gasteiger partial charge < -0.3 is 10.2 Å². The number of benzene rings is 2. The highest BCUT2D eigenvalue weighted by Gasteiger charge is 2.29. The van der Waals surface area contributed by atoms with E-state index >= 15 is 0 Å². The molecule has 0 heterocycles. The van der Waals surface area contributed by atoms with Crippen LogP contribution in [0.15, 0.2) is 24.3 Å². The van der Waals surface area contributed by atoms with Gasteiger partial charge in [0, 0.05) is 0 Å². The molecule has 0 amide bonds. The van der Waals surface area contributed by atoms with Crippen molar-refractivity contribution in [3.05, 3.63) is 58.7 Å². The Labute approximate surface area is 120 Å². The van der Waals surface area contributed by atoms with E-state index in [9.17, 15) is 27.2 Å². The summed E-state index contributed by atoms with van der Waals surface area (Å²) in [5, 5.41) is 17.3. The summed E-state index contributed by atoms with van der Waals surface area (Å²) in [6.45, 7) is 0. The first-order chi connectivity index (χ1) is 10.3. The van der Waals surface area contributed by atoms with Crippen molar-refractivity contribution in [2.45, 2.75) is 0 Å². The van der Waals surface area contributed by atoms with Crippen molar-refractivity contribution in [2.75, 3.05) is 0 Å². The second kappa shape index (κ2) is 5.47. The Hall–Kier alpha value is -2.90. The summed E-state index contributed by atoms with van der Waals surface area (Å²) in [7, 11) is 0. The zero-order valence-corrected chi connectivity index (χ0v) is 10.5. The van der Waals surface area contributed by atoms with Crippen LogP contribution in [0.25, 0.3) is 11.1 Å². The van der Waals surface area contributed by atoms with Gasteiger partial charge in [0.25, 0.3) is 0 Å². The summed E-state index contributed by atoms with van der Waals surface area (Å²) >= 11 is 0. The highest BCUT2D eigenvalue weighted by atomic mass is 19.2. The van der Waals surface area contributed by atoms with Gasteiger partial charge in [-0.25, -0.2) is 27.2 Å². The third-order valence-electron chi connectivity index (χ3n) is 2.90. The standard InChI is InChI=1S/C14H6F4O4/c15-9-7(5-1-3-6(4-2-5)13(19)20)10(16)12(18)8(11(9)17)14(21)22/h1-4H,(H,19,20)(H,21,22). The molecule has 0 aliphatic carbocycles. The molecule has 0 saturated heterocycles. The molecular weight excluding hydrogens is 308 g/mol. The van der Waals surface area contributed by atoms with Gasteiger partial charge in [0.05, 0.1) is 11.1 Å². The summed E-state index contributed by atoms with van der Waals surface area (Å²) < 4.78 is 54.9. The van der Waals surface area contributed by atoms with Crippen molar-refractivity contribution in [3.8, 4) is 11.1 Å². The molecule has 8 heteroatoms. The molecule has 0 saturated carbocycles. The molecule has 0 unspecified atom stereocenters. The van der Waals surface area contributed by atoms with Crippen LogP contribution in [0.3, 0.4) is 0 Å². The third-order valence-corrected chi connectivity index (χ3v) is 2.90. The van der Waals surface area contributed by atoms with E-state index < -0.39 is 46.3 Å². The van der Waals surface area contributed by atoms with Crippen LogP contribution in [0, 0.1) is 23.3 Å². The van der Waals surface area contributed by atoms with E-state index in [4.69, 9.17) is 10.2 Å². The van der Waals surface area contributed by atoms with Crippen LogP contribution in [0.1, 0.15) is 20.7 Å². The predicted octanol–water partition coefficient (Wildman–Crippen LogP) is 3.31. The van der Waals surface area contributed by atoms with Crippen LogP contribution < -0.4 is 0 Å². The first-order valence-corrected chi connectivity index (χ1v) is 5.68. The van der Waals surface area contributed by atoms with Crippen molar-refractivity contribution in [1.29, 1.82) is 0 Å². The Morgan fingerprint density at radius 3 is 1.55 bits per heavy atom. The summed E-state index contributed by atoms with van der Waals surface area (Å²) in [6.07, 6.45) is 0. The van der Waals surface area contributed by atoms with Gasteiger partial charge in [0.2, 0.25) is 0 Å². The van der Waals surface area contributed by atoms with E-state index in [0.29, 0.717) is 0 Å². The predicted molar refractivity (Wildman–Crippen MR) is 65.6 cm³/mol. The second-order valence-electron chi connectivity index (χ2n) is 4.19. The number of aromatic carboxylic acids is 2. The number of hydrogen-bond donors (Lipinski definition) is 2. The normalized spacial score (nSPS) is 10.5. The molecule has 22 heavy (non-hydrogen) atoms. The highest BCUT2D eigenvalue weighted by molar-refractivity contribution is 5.90. The van der Waals surface area contributed by atoms with Gasteiger partial charge in [-0.2, -0.15) is 0 Å². The molecule has 0 aromatic heterocycles. The summed E-state index contributed by atoms with van der Waals surface area (Å²) in [4.78, 5) is 21.3. The second-order valence-corrected chi connectivity index (χ2v) is 4.19. The Balaban J connectivity index is 2.71. The Kier molecular flexibility index (Phi) is 3.85. The van der Waals surface area contributed by atoms with Gasteiger partial charge in [-0.15, -0.1) is 0 Å². The number of rotatable bonds is 3. The Morgan fingerprint density at radius 2 is 1.18 bits per heavy atom. The first kappa shape index (κ1) is 15.5. The Bertz CT molecular complexity index is 755. The molecule has 2 rings (SSSR count). The monoisotopic (exact) mass is 314 g/mol. The lowest BCUT2D eigenvalue weighted by Crippen LogP contribution is -2.11.